The molecule has 2 rings (SSSR count). The fourth-order valence-electron chi connectivity index (χ4n) is 2.91. The Labute approximate surface area is 172 Å². The molecule has 0 N–H and O–H groups in total. The predicted molar refractivity (Wildman–Crippen MR) is 112 cm³/mol. The van der Waals surface area contributed by atoms with Crippen LogP contribution in [0.1, 0.15) is 49.9 Å². The standard InChI is InChI=1S/C22H27NO5S/c1-13-8-9-18(29(26,27)23(6)7)12-20(13)22(25)28-17(5)21(24)19-11-15(3)14(2)10-16(19)4/h8-12,17H,1-7H3/t17-/m1/s1. The molecule has 0 unspecified atom stereocenters. The van der Waals surface area contributed by atoms with Crippen LogP contribution in [0.25, 0.3) is 0 Å². The minimum Gasteiger partial charge on any atom is -0.451 e. The van der Waals surface area contributed by atoms with Crippen molar-refractivity contribution in [1.29, 1.82) is 0 Å². The van der Waals surface area contributed by atoms with Gasteiger partial charge >= 0.3 is 5.97 Å². The van der Waals surface area contributed by atoms with Gasteiger partial charge in [-0.3, -0.25) is 4.79 Å². The van der Waals surface area contributed by atoms with Crippen LogP contribution < -0.4 is 0 Å². The third-order valence-corrected chi connectivity index (χ3v) is 6.78. The number of hydrogen-bond donors (Lipinski definition) is 0. The smallest absolute Gasteiger partial charge is 0.339 e. The maximum Gasteiger partial charge on any atom is 0.339 e. The van der Waals surface area contributed by atoms with E-state index in [4.69, 9.17) is 4.74 Å². The molecule has 2 aromatic carbocycles. The van der Waals surface area contributed by atoms with E-state index in [0.29, 0.717) is 11.1 Å². The lowest BCUT2D eigenvalue weighted by Crippen LogP contribution is -2.26. The van der Waals surface area contributed by atoms with Gasteiger partial charge in [-0.2, -0.15) is 0 Å². The van der Waals surface area contributed by atoms with Crippen molar-refractivity contribution in [3.63, 3.8) is 0 Å². The van der Waals surface area contributed by atoms with Crippen LogP contribution in [0.15, 0.2) is 35.2 Å². The second kappa shape index (κ2) is 8.47. The van der Waals surface area contributed by atoms with E-state index in [-0.39, 0.29) is 16.2 Å². The van der Waals surface area contributed by atoms with Gasteiger partial charge in [0.2, 0.25) is 15.8 Å². The van der Waals surface area contributed by atoms with E-state index >= 15 is 0 Å². The summed E-state index contributed by atoms with van der Waals surface area (Å²) in [5.74, 6) is -1.03. The average molecular weight is 418 g/mol. The van der Waals surface area contributed by atoms with Crippen LogP contribution in [0.3, 0.4) is 0 Å². The number of rotatable bonds is 6. The number of carbonyl (C=O) groups excluding carboxylic acids is 2. The molecule has 1 atom stereocenters. The molecule has 7 heteroatoms. The van der Waals surface area contributed by atoms with Gasteiger partial charge in [0.05, 0.1) is 10.5 Å². The molecule has 0 amide bonds. The Morgan fingerprint density at radius 2 is 1.45 bits per heavy atom. The number of carbonyl (C=O) groups is 2. The first-order chi connectivity index (χ1) is 13.4. The van der Waals surface area contributed by atoms with E-state index in [1.807, 2.05) is 26.8 Å². The lowest BCUT2D eigenvalue weighted by Gasteiger charge is -2.17. The van der Waals surface area contributed by atoms with Crippen molar-refractivity contribution in [1.82, 2.24) is 4.31 Å². The van der Waals surface area contributed by atoms with Gasteiger partial charge in [0.25, 0.3) is 0 Å². The van der Waals surface area contributed by atoms with Gasteiger partial charge in [0.15, 0.2) is 6.10 Å². The Bertz CT molecular complexity index is 1070. The van der Waals surface area contributed by atoms with Crippen molar-refractivity contribution in [2.75, 3.05) is 14.1 Å². The first-order valence-electron chi connectivity index (χ1n) is 9.22. The number of ketones is 1. The van der Waals surface area contributed by atoms with Gasteiger partial charge in [-0.05, 0) is 75.1 Å². The molecule has 0 saturated carbocycles. The Hall–Kier alpha value is -2.51. The second-order valence-electron chi connectivity index (χ2n) is 7.43. The summed E-state index contributed by atoms with van der Waals surface area (Å²) in [7, 11) is -0.860. The van der Waals surface area contributed by atoms with Gasteiger partial charge in [0, 0.05) is 19.7 Å². The number of Topliss-reactive ketones (excluding diaryl/α,β-unsaturated/α-hetero) is 1. The molecular formula is C22H27NO5S. The molecule has 29 heavy (non-hydrogen) atoms. The number of nitrogens with zero attached hydrogens (tertiary/aromatic N) is 1. The van der Waals surface area contributed by atoms with Crippen LogP contribution in [0.2, 0.25) is 0 Å². The fraction of sp³-hybridized carbons (Fsp3) is 0.364. The number of aryl methyl sites for hydroxylation is 4. The Morgan fingerprint density at radius 1 is 0.862 bits per heavy atom. The van der Waals surface area contributed by atoms with Crippen LogP contribution in [0.4, 0.5) is 0 Å². The fourth-order valence-corrected chi connectivity index (χ4v) is 3.84. The molecule has 0 radical (unpaired) electrons. The molecule has 0 heterocycles. The van der Waals surface area contributed by atoms with Crippen LogP contribution in [-0.2, 0) is 14.8 Å². The third kappa shape index (κ3) is 4.74. The molecule has 0 aliphatic carbocycles. The molecular weight excluding hydrogens is 390 g/mol. The summed E-state index contributed by atoms with van der Waals surface area (Å²) >= 11 is 0. The van der Waals surface area contributed by atoms with Crippen molar-refractivity contribution in [3.05, 3.63) is 63.7 Å². The molecule has 0 aliphatic rings. The highest BCUT2D eigenvalue weighted by Crippen LogP contribution is 2.21. The number of esters is 1. The highest BCUT2D eigenvalue weighted by molar-refractivity contribution is 7.89. The van der Waals surface area contributed by atoms with Gasteiger partial charge in [-0.1, -0.05) is 12.1 Å². The number of sulfonamides is 1. The molecule has 6 nitrogen and oxygen atoms in total. The van der Waals surface area contributed by atoms with E-state index in [1.54, 1.807) is 19.1 Å². The number of benzene rings is 2. The van der Waals surface area contributed by atoms with E-state index in [1.165, 1.54) is 33.2 Å². The van der Waals surface area contributed by atoms with E-state index < -0.39 is 22.1 Å². The van der Waals surface area contributed by atoms with Gasteiger partial charge in [-0.25, -0.2) is 17.5 Å². The molecule has 0 aliphatic heterocycles. The summed E-state index contributed by atoms with van der Waals surface area (Å²) in [4.78, 5) is 25.5. The maximum absolute atomic E-state index is 12.8. The van der Waals surface area contributed by atoms with Crippen LogP contribution in [0, 0.1) is 27.7 Å². The number of ether oxygens (including phenoxy) is 1. The SMILES string of the molecule is Cc1cc(C)c(C(=O)[C@@H](C)OC(=O)c2cc(S(=O)(=O)N(C)C)ccc2C)cc1C. The van der Waals surface area contributed by atoms with Gasteiger partial charge in [0.1, 0.15) is 0 Å². The Kier molecular flexibility index (Phi) is 6.65. The molecule has 156 valence electrons. The second-order valence-corrected chi connectivity index (χ2v) is 9.58. The highest BCUT2D eigenvalue weighted by atomic mass is 32.2. The lowest BCUT2D eigenvalue weighted by atomic mass is 9.96. The number of hydrogen-bond acceptors (Lipinski definition) is 5. The van der Waals surface area contributed by atoms with E-state index in [9.17, 15) is 18.0 Å². The van der Waals surface area contributed by atoms with E-state index in [0.717, 1.165) is 21.0 Å². The Morgan fingerprint density at radius 3 is 2.03 bits per heavy atom. The minimum absolute atomic E-state index is 0.0102. The molecule has 0 spiro atoms. The van der Waals surface area contributed by atoms with Crippen molar-refractivity contribution < 1.29 is 22.7 Å². The zero-order chi connectivity index (χ0) is 22.1. The van der Waals surface area contributed by atoms with Crippen molar-refractivity contribution in [2.45, 2.75) is 45.6 Å². The molecule has 0 bridgehead atoms. The summed E-state index contributed by atoms with van der Waals surface area (Å²) in [5, 5.41) is 0. The molecule has 0 saturated heterocycles. The average Bonchev–Trinajstić information content (AvgIpc) is 2.63. The predicted octanol–water partition coefficient (Wildman–Crippen LogP) is 3.60. The molecule has 0 aromatic heterocycles. The van der Waals surface area contributed by atoms with Gasteiger partial charge in [-0.15, -0.1) is 0 Å². The van der Waals surface area contributed by atoms with Crippen molar-refractivity contribution in [2.24, 2.45) is 0 Å². The van der Waals surface area contributed by atoms with E-state index in [2.05, 4.69) is 0 Å². The summed E-state index contributed by atoms with van der Waals surface area (Å²) in [6.07, 6.45) is -1.00. The minimum atomic E-state index is -3.69. The maximum atomic E-state index is 12.8. The molecule has 0 fully saturated rings. The molecule has 2 aromatic rings. The first-order valence-corrected chi connectivity index (χ1v) is 10.7. The Balaban J connectivity index is 2.30. The van der Waals surface area contributed by atoms with Gasteiger partial charge < -0.3 is 4.74 Å². The summed E-state index contributed by atoms with van der Waals surface area (Å²) in [6, 6.07) is 8.00. The lowest BCUT2D eigenvalue weighted by molar-refractivity contribution is 0.0317. The van der Waals surface area contributed by atoms with Crippen LogP contribution in [-0.4, -0.2) is 44.7 Å². The quantitative estimate of drug-likeness (QED) is 0.530. The topological polar surface area (TPSA) is 80.8 Å². The van der Waals surface area contributed by atoms with Crippen LogP contribution in [0.5, 0.6) is 0 Å². The zero-order valence-corrected chi connectivity index (χ0v) is 18.7. The summed E-state index contributed by atoms with van der Waals surface area (Å²) < 4.78 is 31.2. The summed E-state index contributed by atoms with van der Waals surface area (Å²) in [6.45, 7) is 8.93. The highest BCUT2D eigenvalue weighted by Gasteiger charge is 2.25. The zero-order valence-electron chi connectivity index (χ0n) is 17.9. The van der Waals surface area contributed by atoms with Crippen LogP contribution >= 0.6 is 0 Å². The largest absolute Gasteiger partial charge is 0.451 e. The monoisotopic (exact) mass is 417 g/mol. The first kappa shape index (κ1) is 22.8. The summed E-state index contributed by atoms with van der Waals surface area (Å²) in [5.41, 5.74) is 4.07. The third-order valence-electron chi connectivity index (χ3n) is 4.97. The van der Waals surface area contributed by atoms with Crippen molar-refractivity contribution in [3.8, 4) is 0 Å². The van der Waals surface area contributed by atoms with Crippen molar-refractivity contribution >= 4 is 21.8 Å². The normalized spacial score (nSPS) is 12.7.